The van der Waals surface area contributed by atoms with E-state index in [-0.39, 0.29) is 0 Å². The van der Waals surface area contributed by atoms with E-state index in [9.17, 15) is 0 Å². The van der Waals surface area contributed by atoms with Gasteiger partial charge in [0.05, 0.1) is 11.9 Å². The van der Waals surface area contributed by atoms with Crippen molar-refractivity contribution in [2.24, 2.45) is 11.7 Å². The maximum absolute atomic E-state index is 6.07. The Balaban J connectivity index is 1.76. The molecule has 0 radical (unpaired) electrons. The van der Waals surface area contributed by atoms with Gasteiger partial charge in [-0.3, -0.25) is 10.00 Å². The van der Waals surface area contributed by atoms with Crippen LogP contribution in [0, 0.1) is 5.92 Å². The Hall–Kier alpha value is -1.17. The second-order valence-corrected chi connectivity index (χ2v) is 5.90. The summed E-state index contributed by atoms with van der Waals surface area (Å²) >= 11 is 1.71. The first-order chi connectivity index (χ1) is 8.74. The minimum Gasteiger partial charge on any atom is -0.326 e. The van der Waals surface area contributed by atoms with Gasteiger partial charge in [0.2, 0.25) is 0 Å². The molecule has 0 aromatic carbocycles. The predicted octanol–water partition coefficient (Wildman–Crippen LogP) is 1.92. The molecule has 96 valence electrons. The number of hydrogen-bond acceptors (Lipinski definition) is 4. The number of aromatic amines is 1. The average Bonchev–Trinajstić information content (AvgIpc) is 3.01. The van der Waals surface area contributed by atoms with E-state index in [1.807, 2.05) is 6.20 Å². The van der Waals surface area contributed by atoms with E-state index in [1.165, 1.54) is 11.1 Å². The molecule has 4 nitrogen and oxygen atoms in total. The van der Waals surface area contributed by atoms with E-state index >= 15 is 0 Å². The molecule has 5 heteroatoms. The van der Waals surface area contributed by atoms with Gasteiger partial charge in [-0.2, -0.15) is 16.4 Å². The quantitative estimate of drug-likeness (QED) is 0.888. The largest absolute Gasteiger partial charge is 0.326 e. The van der Waals surface area contributed by atoms with Crippen molar-refractivity contribution < 1.29 is 0 Å². The second-order valence-electron chi connectivity index (χ2n) is 5.12. The van der Waals surface area contributed by atoms with Crippen LogP contribution >= 0.6 is 11.3 Å². The van der Waals surface area contributed by atoms with Crippen molar-refractivity contribution in [1.82, 2.24) is 15.1 Å². The smallest absolute Gasteiger partial charge is 0.0703 e. The van der Waals surface area contributed by atoms with E-state index in [4.69, 9.17) is 5.73 Å². The number of aromatic nitrogens is 2. The van der Waals surface area contributed by atoms with Crippen molar-refractivity contribution in [3.63, 3.8) is 0 Å². The Morgan fingerprint density at radius 1 is 1.56 bits per heavy atom. The van der Waals surface area contributed by atoms with E-state index in [0.29, 0.717) is 12.0 Å². The molecule has 0 bridgehead atoms. The highest BCUT2D eigenvalue weighted by atomic mass is 32.1. The van der Waals surface area contributed by atoms with Crippen molar-refractivity contribution in [3.8, 4) is 11.3 Å². The molecule has 2 atom stereocenters. The van der Waals surface area contributed by atoms with Gasteiger partial charge in [0.1, 0.15) is 0 Å². The summed E-state index contributed by atoms with van der Waals surface area (Å²) in [7, 11) is 0. The molecule has 18 heavy (non-hydrogen) atoms. The Bertz CT molecular complexity index is 495. The fourth-order valence-corrected chi connectivity index (χ4v) is 3.20. The standard InChI is InChI=1S/C13H18N4S/c1-9-5-17(7-12(9)14)6-11-4-15-16-13(11)10-2-3-18-8-10/h2-4,8-9,12H,5-7,14H2,1H3,(H,15,16). The van der Waals surface area contributed by atoms with Gasteiger partial charge in [-0.05, 0) is 17.4 Å². The summed E-state index contributed by atoms with van der Waals surface area (Å²) in [5.74, 6) is 0.585. The molecule has 3 rings (SSSR count). The highest BCUT2D eigenvalue weighted by molar-refractivity contribution is 7.08. The maximum atomic E-state index is 6.07. The number of nitrogens with zero attached hydrogens (tertiary/aromatic N) is 2. The lowest BCUT2D eigenvalue weighted by atomic mass is 10.1. The lowest BCUT2D eigenvalue weighted by Gasteiger charge is -2.14. The third-order valence-electron chi connectivity index (χ3n) is 3.67. The van der Waals surface area contributed by atoms with Gasteiger partial charge in [-0.1, -0.05) is 6.92 Å². The number of hydrogen-bond donors (Lipinski definition) is 2. The molecule has 2 unspecified atom stereocenters. The normalized spacial score (nSPS) is 24.8. The number of thiophene rings is 1. The molecule has 0 saturated carbocycles. The summed E-state index contributed by atoms with van der Waals surface area (Å²) in [4.78, 5) is 2.41. The van der Waals surface area contributed by atoms with Crippen LogP contribution in [0.3, 0.4) is 0 Å². The van der Waals surface area contributed by atoms with Crippen LogP contribution in [-0.4, -0.2) is 34.2 Å². The predicted molar refractivity (Wildman–Crippen MR) is 74.3 cm³/mol. The molecule has 1 fully saturated rings. The minimum absolute atomic E-state index is 0.307. The summed E-state index contributed by atoms with van der Waals surface area (Å²) in [6.07, 6.45) is 1.93. The third kappa shape index (κ3) is 2.21. The van der Waals surface area contributed by atoms with Crippen LogP contribution in [-0.2, 0) is 6.54 Å². The van der Waals surface area contributed by atoms with Crippen LogP contribution in [0.1, 0.15) is 12.5 Å². The van der Waals surface area contributed by atoms with Crippen molar-refractivity contribution in [1.29, 1.82) is 0 Å². The van der Waals surface area contributed by atoms with Crippen molar-refractivity contribution in [2.75, 3.05) is 13.1 Å². The molecule has 1 saturated heterocycles. The number of likely N-dealkylation sites (tertiary alicyclic amines) is 1. The lowest BCUT2D eigenvalue weighted by Crippen LogP contribution is -2.28. The Morgan fingerprint density at radius 3 is 3.11 bits per heavy atom. The fourth-order valence-electron chi connectivity index (χ4n) is 2.55. The molecule has 0 spiro atoms. The van der Waals surface area contributed by atoms with Gasteiger partial charge in [0, 0.05) is 42.2 Å². The van der Waals surface area contributed by atoms with Gasteiger partial charge in [0.15, 0.2) is 0 Å². The zero-order chi connectivity index (χ0) is 12.5. The summed E-state index contributed by atoms with van der Waals surface area (Å²) in [5.41, 5.74) is 9.69. The van der Waals surface area contributed by atoms with Gasteiger partial charge in [0.25, 0.3) is 0 Å². The van der Waals surface area contributed by atoms with Crippen LogP contribution < -0.4 is 5.73 Å². The molecule has 0 aliphatic carbocycles. The highest BCUT2D eigenvalue weighted by Gasteiger charge is 2.27. The van der Waals surface area contributed by atoms with E-state index < -0.39 is 0 Å². The first kappa shape index (κ1) is 11.9. The highest BCUT2D eigenvalue weighted by Crippen LogP contribution is 2.26. The van der Waals surface area contributed by atoms with E-state index in [2.05, 4.69) is 38.8 Å². The third-order valence-corrected chi connectivity index (χ3v) is 4.35. The van der Waals surface area contributed by atoms with Crippen LogP contribution in [0.15, 0.2) is 23.0 Å². The summed E-state index contributed by atoms with van der Waals surface area (Å²) in [6.45, 7) is 5.21. The number of nitrogens with two attached hydrogens (primary N) is 1. The molecule has 1 aliphatic heterocycles. The van der Waals surface area contributed by atoms with Crippen molar-refractivity contribution in [3.05, 3.63) is 28.6 Å². The molecule has 0 amide bonds. The van der Waals surface area contributed by atoms with E-state index in [0.717, 1.165) is 25.3 Å². The van der Waals surface area contributed by atoms with Crippen LogP contribution in [0.2, 0.25) is 0 Å². The number of nitrogens with one attached hydrogen (secondary N) is 1. The van der Waals surface area contributed by atoms with Gasteiger partial charge in [-0.15, -0.1) is 0 Å². The molecular formula is C13H18N4S. The van der Waals surface area contributed by atoms with E-state index in [1.54, 1.807) is 11.3 Å². The zero-order valence-corrected chi connectivity index (χ0v) is 11.3. The lowest BCUT2D eigenvalue weighted by molar-refractivity contribution is 0.319. The first-order valence-electron chi connectivity index (χ1n) is 6.27. The summed E-state index contributed by atoms with van der Waals surface area (Å²) < 4.78 is 0. The molecule has 2 aromatic heterocycles. The molecule has 3 N–H and O–H groups in total. The zero-order valence-electron chi connectivity index (χ0n) is 10.5. The Morgan fingerprint density at radius 2 is 2.44 bits per heavy atom. The van der Waals surface area contributed by atoms with Gasteiger partial charge < -0.3 is 5.73 Å². The summed E-state index contributed by atoms with van der Waals surface area (Å²) in [6, 6.07) is 2.43. The summed E-state index contributed by atoms with van der Waals surface area (Å²) in [5, 5.41) is 11.5. The number of rotatable bonds is 3. The molecular weight excluding hydrogens is 244 g/mol. The van der Waals surface area contributed by atoms with Gasteiger partial charge >= 0.3 is 0 Å². The molecule has 3 heterocycles. The minimum atomic E-state index is 0.307. The van der Waals surface area contributed by atoms with Gasteiger partial charge in [-0.25, -0.2) is 0 Å². The maximum Gasteiger partial charge on any atom is 0.0703 e. The van der Waals surface area contributed by atoms with Crippen molar-refractivity contribution in [2.45, 2.75) is 19.5 Å². The Kier molecular flexibility index (Phi) is 3.20. The van der Waals surface area contributed by atoms with Crippen molar-refractivity contribution >= 4 is 11.3 Å². The first-order valence-corrected chi connectivity index (χ1v) is 7.21. The molecule has 2 aromatic rings. The SMILES string of the molecule is CC1CN(Cc2cn[nH]c2-c2ccsc2)CC1N. The Labute approximate surface area is 111 Å². The topological polar surface area (TPSA) is 57.9 Å². The number of H-pyrrole nitrogens is 1. The molecule has 1 aliphatic rings. The van der Waals surface area contributed by atoms with Crippen LogP contribution in [0.5, 0.6) is 0 Å². The van der Waals surface area contributed by atoms with Crippen LogP contribution in [0.25, 0.3) is 11.3 Å². The average molecular weight is 262 g/mol. The van der Waals surface area contributed by atoms with Crippen LogP contribution in [0.4, 0.5) is 0 Å². The monoisotopic (exact) mass is 262 g/mol. The second kappa shape index (κ2) is 4.84. The fraction of sp³-hybridized carbons (Fsp3) is 0.462.